The van der Waals surface area contributed by atoms with E-state index in [1.807, 2.05) is 0 Å². The standard InChI is InChI=1S/C16H30O2/c1-12(2)14-15(3,4)11-17-16(5,18-14)13-9-7-6-8-10-13/h12-14H,6-11H2,1-5H3. The average molecular weight is 254 g/mol. The van der Waals surface area contributed by atoms with E-state index < -0.39 is 0 Å². The van der Waals surface area contributed by atoms with E-state index >= 15 is 0 Å². The van der Waals surface area contributed by atoms with Crippen LogP contribution in [0.5, 0.6) is 0 Å². The highest BCUT2D eigenvalue weighted by molar-refractivity contribution is 4.91. The zero-order valence-electron chi connectivity index (χ0n) is 12.8. The fraction of sp³-hybridized carbons (Fsp3) is 1.00. The number of rotatable bonds is 2. The average Bonchev–Trinajstić information content (AvgIpc) is 2.33. The molecule has 2 atom stereocenters. The predicted octanol–water partition coefficient (Wildman–Crippen LogP) is 4.38. The molecule has 0 aromatic rings. The quantitative estimate of drug-likeness (QED) is 0.728. The highest BCUT2D eigenvalue weighted by Crippen LogP contribution is 2.45. The molecule has 2 fully saturated rings. The fourth-order valence-electron chi connectivity index (χ4n) is 3.74. The Bertz CT molecular complexity index is 279. The van der Waals surface area contributed by atoms with Gasteiger partial charge in [-0.1, -0.05) is 47.0 Å². The van der Waals surface area contributed by atoms with Gasteiger partial charge in [-0.05, 0) is 25.7 Å². The number of ether oxygens (including phenoxy) is 2. The van der Waals surface area contributed by atoms with E-state index in [9.17, 15) is 0 Å². The minimum absolute atomic E-state index is 0.127. The first kappa shape index (κ1) is 14.3. The van der Waals surface area contributed by atoms with Crippen molar-refractivity contribution in [2.75, 3.05) is 6.61 Å². The second kappa shape index (κ2) is 5.13. The van der Waals surface area contributed by atoms with E-state index in [0.717, 1.165) is 6.61 Å². The second-order valence-electron chi connectivity index (χ2n) is 7.41. The Morgan fingerprint density at radius 2 is 1.61 bits per heavy atom. The van der Waals surface area contributed by atoms with Crippen molar-refractivity contribution >= 4 is 0 Å². The lowest BCUT2D eigenvalue weighted by Crippen LogP contribution is -2.56. The summed E-state index contributed by atoms with van der Waals surface area (Å²) in [6.07, 6.45) is 6.89. The largest absolute Gasteiger partial charge is 0.349 e. The van der Waals surface area contributed by atoms with Crippen molar-refractivity contribution in [3.05, 3.63) is 0 Å². The zero-order chi connectivity index (χ0) is 13.4. The molecule has 0 bridgehead atoms. The highest BCUT2D eigenvalue weighted by Gasteiger charge is 2.48. The molecule has 18 heavy (non-hydrogen) atoms. The van der Waals surface area contributed by atoms with Gasteiger partial charge >= 0.3 is 0 Å². The normalized spacial score (nSPS) is 38.0. The summed E-state index contributed by atoms with van der Waals surface area (Å²) in [6.45, 7) is 12.0. The molecule has 0 aromatic carbocycles. The van der Waals surface area contributed by atoms with Crippen LogP contribution in [0.15, 0.2) is 0 Å². The van der Waals surface area contributed by atoms with Crippen LogP contribution in [0, 0.1) is 17.3 Å². The molecule has 2 unspecified atom stereocenters. The van der Waals surface area contributed by atoms with Crippen LogP contribution < -0.4 is 0 Å². The summed E-state index contributed by atoms with van der Waals surface area (Å²) in [5, 5.41) is 0. The molecular weight excluding hydrogens is 224 g/mol. The molecule has 0 aromatic heterocycles. The van der Waals surface area contributed by atoms with Crippen molar-refractivity contribution in [1.29, 1.82) is 0 Å². The first-order chi connectivity index (χ1) is 8.35. The Morgan fingerprint density at radius 1 is 1.00 bits per heavy atom. The molecule has 0 N–H and O–H groups in total. The van der Waals surface area contributed by atoms with Gasteiger partial charge < -0.3 is 9.47 Å². The lowest BCUT2D eigenvalue weighted by molar-refractivity contribution is -0.351. The van der Waals surface area contributed by atoms with Crippen LogP contribution >= 0.6 is 0 Å². The number of hydrogen-bond donors (Lipinski definition) is 0. The highest BCUT2D eigenvalue weighted by atomic mass is 16.7. The topological polar surface area (TPSA) is 18.5 Å². The lowest BCUT2D eigenvalue weighted by Gasteiger charge is -2.52. The summed E-state index contributed by atoms with van der Waals surface area (Å²) in [7, 11) is 0. The molecule has 2 heteroatoms. The Morgan fingerprint density at radius 3 is 2.17 bits per heavy atom. The molecule has 2 aliphatic rings. The minimum Gasteiger partial charge on any atom is -0.349 e. The predicted molar refractivity (Wildman–Crippen MR) is 74.4 cm³/mol. The van der Waals surface area contributed by atoms with Crippen molar-refractivity contribution in [3.8, 4) is 0 Å². The molecule has 0 radical (unpaired) electrons. The first-order valence-electron chi connectivity index (χ1n) is 7.67. The van der Waals surface area contributed by atoms with Crippen molar-refractivity contribution in [1.82, 2.24) is 0 Å². The molecule has 1 saturated heterocycles. The van der Waals surface area contributed by atoms with Crippen LogP contribution in [0.3, 0.4) is 0 Å². The van der Waals surface area contributed by atoms with Gasteiger partial charge in [0.1, 0.15) is 0 Å². The van der Waals surface area contributed by atoms with Gasteiger partial charge in [0.2, 0.25) is 0 Å². The maximum absolute atomic E-state index is 6.47. The zero-order valence-corrected chi connectivity index (χ0v) is 12.8. The third-order valence-electron chi connectivity index (χ3n) is 4.81. The molecule has 1 aliphatic carbocycles. The molecule has 1 heterocycles. The molecule has 0 amide bonds. The smallest absolute Gasteiger partial charge is 0.168 e. The van der Waals surface area contributed by atoms with Gasteiger partial charge in [0, 0.05) is 11.3 Å². The van der Waals surface area contributed by atoms with Crippen molar-refractivity contribution in [2.24, 2.45) is 17.3 Å². The van der Waals surface area contributed by atoms with Gasteiger partial charge in [-0.3, -0.25) is 0 Å². The molecule has 1 aliphatic heterocycles. The van der Waals surface area contributed by atoms with Crippen LogP contribution in [0.2, 0.25) is 0 Å². The van der Waals surface area contributed by atoms with Gasteiger partial charge in [0.05, 0.1) is 12.7 Å². The van der Waals surface area contributed by atoms with Crippen LogP contribution in [-0.2, 0) is 9.47 Å². The molecular formula is C16H30O2. The van der Waals surface area contributed by atoms with Crippen LogP contribution in [-0.4, -0.2) is 18.5 Å². The van der Waals surface area contributed by atoms with Crippen LogP contribution in [0.1, 0.15) is 66.7 Å². The van der Waals surface area contributed by atoms with Crippen molar-refractivity contribution in [3.63, 3.8) is 0 Å². The molecule has 2 nitrogen and oxygen atoms in total. The van der Waals surface area contributed by atoms with Crippen LogP contribution in [0.25, 0.3) is 0 Å². The summed E-state index contributed by atoms with van der Waals surface area (Å²) in [5.41, 5.74) is 0.127. The third-order valence-corrected chi connectivity index (χ3v) is 4.81. The summed E-state index contributed by atoms with van der Waals surface area (Å²) in [6, 6.07) is 0. The van der Waals surface area contributed by atoms with Gasteiger partial charge in [0.25, 0.3) is 0 Å². The Hall–Kier alpha value is -0.0800. The Kier molecular flexibility index (Phi) is 4.08. The molecule has 106 valence electrons. The van der Waals surface area contributed by atoms with Gasteiger partial charge in [0.15, 0.2) is 5.79 Å². The first-order valence-corrected chi connectivity index (χ1v) is 7.67. The van der Waals surface area contributed by atoms with E-state index in [1.54, 1.807) is 0 Å². The van der Waals surface area contributed by atoms with Crippen molar-refractivity contribution in [2.45, 2.75) is 78.6 Å². The van der Waals surface area contributed by atoms with Gasteiger partial charge in [-0.25, -0.2) is 0 Å². The van der Waals surface area contributed by atoms with E-state index in [2.05, 4.69) is 34.6 Å². The molecule has 0 spiro atoms. The van der Waals surface area contributed by atoms with E-state index in [4.69, 9.17) is 9.47 Å². The lowest BCUT2D eigenvalue weighted by atomic mass is 9.77. The molecule has 1 saturated carbocycles. The third kappa shape index (κ3) is 2.75. The van der Waals surface area contributed by atoms with E-state index in [-0.39, 0.29) is 11.2 Å². The Labute approximate surface area is 112 Å². The minimum atomic E-state index is -0.342. The SMILES string of the molecule is CC(C)C1OC(C)(C2CCCCC2)OCC1(C)C. The monoisotopic (exact) mass is 254 g/mol. The Balaban J connectivity index is 2.10. The maximum Gasteiger partial charge on any atom is 0.168 e. The second-order valence-corrected chi connectivity index (χ2v) is 7.41. The van der Waals surface area contributed by atoms with Gasteiger partial charge in [-0.15, -0.1) is 0 Å². The van der Waals surface area contributed by atoms with E-state index in [0.29, 0.717) is 17.9 Å². The summed E-state index contributed by atoms with van der Waals surface area (Å²) in [4.78, 5) is 0. The summed E-state index contributed by atoms with van der Waals surface area (Å²) < 4.78 is 12.6. The van der Waals surface area contributed by atoms with E-state index in [1.165, 1.54) is 32.1 Å². The molecule has 2 rings (SSSR count). The van der Waals surface area contributed by atoms with Crippen molar-refractivity contribution < 1.29 is 9.47 Å². The van der Waals surface area contributed by atoms with Crippen LogP contribution in [0.4, 0.5) is 0 Å². The summed E-state index contributed by atoms with van der Waals surface area (Å²) in [5.74, 6) is 0.792. The summed E-state index contributed by atoms with van der Waals surface area (Å²) >= 11 is 0. The van der Waals surface area contributed by atoms with Gasteiger partial charge in [-0.2, -0.15) is 0 Å². The maximum atomic E-state index is 6.47. The fourth-order valence-corrected chi connectivity index (χ4v) is 3.74. The number of hydrogen-bond acceptors (Lipinski definition) is 2.